The van der Waals surface area contributed by atoms with Crippen LogP contribution in [-0.4, -0.2) is 53.6 Å². The summed E-state index contributed by atoms with van der Waals surface area (Å²) in [4.78, 5) is 15.5. The van der Waals surface area contributed by atoms with Crippen LogP contribution in [0.25, 0.3) is 0 Å². The van der Waals surface area contributed by atoms with Gasteiger partial charge < -0.3 is 9.59 Å². The molecule has 84 valence electrons. The van der Waals surface area contributed by atoms with E-state index in [4.69, 9.17) is 9.59 Å². The van der Waals surface area contributed by atoms with Gasteiger partial charge in [-0.25, -0.2) is 0 Å². The van der Waals surface area contributed by atoms with Gasteiger partial charge in [0.2, 0.25) is 0 Å². The quantitative estimate of drug-likeness (QED) is 0.290. The van der Waals surface area contributed by atoms with Gasteiger partial charge in [-0.15, -0.1) is 0 Å². The van der Waals surface area contributed by atoms with Gasteiger partial charge in [0.05, 0.1) is 0 Å². The minimum absolute atomic E-state index is 0. The summed E-state index contributed by atoms with van der Waals surface area (Å²) in [7, 11) is 0.241. The molecule has 2 nitrogen and oxygen atoms in total. The van der Waals surface area contributed by atoms with E-state index >= 15 is 0 Å². The molecular formula is C8H22NiO2P2+2. The van der Waals surface area contributed by atoms with Crippen LogP contribution in [0.3, 0.4) is 0 Å². The average Bonchev–Trinajstić information content (AvgIpc) is 1.93. The molecule has 0 fully saturated rings. The van der Waals surface area contributed by atoms with Crippen molar-refractivity contribution in [2.45, 2.75) is 0 Å². The van der Waals surface area contributed by atoms with Crippen LogP contribution in [0.1, 0.15) is 0 Å². The Morgan fingerprint density at radius 1 is 0.615 bits per heavy atom. The van der Waals surface area contributed by atoms with Crippen LogP contribution in [-0.2, 0) is 26.1 Å². The molecular weight excluding hydrogens is 249 g/mol. The van der Waals surface area contributed by atoms with Crippen molar-refractivity contribution in [1.82, 2.24) is 0 Å². The Kier molecular flexibility index (Phi) is 87.0. The zero-order valence-corrected chi connectivity index (χ0v) is 12.3. The van der Waals surface area contributed by atoms with Gasteiger partial charge in [-0.05, 0) is 15.8 Å². The SMILES string of the molecule is C[PH+](C)C.C[PH+](C)C.[CH-]=O.[CH-]=O.[Ni+2]. The first-order valence-corrected chi connectivity index (χ1v) is 9.47. The Labute approximate surface area is 95.7 Å². The van der Waals surface area contributed by atoms with E-state index in [1.807, 2.05) is 0 Å². The molecule has 0 aromatic rings. The third kappa shape index (κ3) is 3020. The topological polar surface area (TPSA) is 34.1 Å². The van der Waals surface area contributed by atoms with E-state index in [1.54, 1.807) is 0 Å². The third-order valence-electron chi connectivity index (χ3n) is 0. The van der Waals surface area contributed by atoms with Gasteiger partial charge in [0.1, 0.15) is 0 Å². The molecule has 0 radical (unpaired) electrons. The van der Waals surface area contributed by atoms with Gasteiger partial charge in [-0.1, -0.05) is 0 Å². The second-order valence-electron chi connectivity index (χ2n) is 3.00. The van der Waals surface area contributed by atoms with Gasteiger partial charge in [0.15, 0.2) is 0 Å². The van der Waals surface area contributed by atoms with Crippen molar-refractivity contribution < 1.29 is 26.1 Å². The van der Waals surface area contributed by atoms with Gasteiger partial charge in [0.25, 0.3) is 0 Å². The summed E-state index contributed by atoms with van der Waals surface area (Å²) in [6.07, 6.45) is 0. The van der Waals surface area contributed by atoms with Crippen molar-refractivity contribution in [1.29, 1.82) is 0 Å². The maximum absolute atomic E-state index is 7.75. The van der Waals surface area contributed by atoms with Crippen molar-refractivity contribution in [2.75, 3.05) is 40.0 Å². The Morgan fingerprint density at radius 3 is 0.615 bits per heavy atom. The smallest absolute Gasteiger partial charge is 0.545 e. The Bertz CT molecular complexity index is 50.6. The largest absolute Gasteiger partial charge is 2.00 e. The average molecular weight is 271 g/mol. The van der Waals surface area contributed by atoms with Crippen molar-refractivity contribution >= 4 is 29.4 Å². The van der Waals surface area contributed by atoms with Gasteiger partial charge >= 0.3 is 16.5 Å². The van der Waals surface area contributed by atoms with Crippen molar-refractivity contribution in [3.8, 4) is 0 Å². The summed E-state index contributed by atoms with van der Waals surface area (Å²) >= 11 is 0. The van der Waals surface area contributed by atoms with Gasteiger partial charge in [-0.3, -0.25) is 13.6 Å². The predicted octanol–water partition coefficient (Wildman–Crippen LogP) is 1.63. The number of hydrogen-bond acceptors (Lipinski definition) is 2. The van der Waals surface area contributed by atoms with Crippen LogP contribution < -0.4 is 0 Å². The minimum Gasteiger partial charge on any atom is -0.545 e. The molecule has 0 aromatic carbocycles. The maximum Gasteiger partial charge on any atom is 2.00 e. The van der Waals surface area contributed by atoms with Crippen LogP contribution in [0.4, 0.5) is 0 Å². The summed E-state index contributed by atoms with van der Waals surface area (Å²) in [5.74, 6) is 0. The summed E-state index contributed by atoms with van der Waals surface area (Å²) in [6.45, 7) is 20.1. The molecule has 0 aliphatic heterocycles. The molecule has 0 aromatic heterocycles. The van der Waals surface area contributed by atoms with E-state index in [1.165, 1.54) is 0 Å². The predicted molar refractivity (Wildman–Crippen MR) is 65.7 cm³/mol. The molecule has 0 N–H and O–H groups in total. The van der Waals surface area contributed by atoms with Crippen LogP contribution in [0.15, 0.2) is 0 Å². The molecule has 0 amide bonds. The normalized spacial score (nSPS) is 6.15. The zero-order valence-electron chi connectivity index (χ0n) is 9.29. The fraction of sp³-hybridized carbons (Fsp3) is 0.750. The molecule has 5 heteroatoms. The first kappa shape index (κ1) is 29.2. The molecule has 13 heavy (non-hydrogen) atoms. The molecule has 0 spiro atoms. The van der Waals surface area contributed by atoms with Crippen LogP contribution in [0.2, 0.25) is 0 Å². The summed E-state index contributed by atoms with van der Waals surface area (Å²) in [6, 6.07) is 0. The zero-order chi connectivity index (χ0) is 11.2. The number of rotatable bonds is 0. The van der Waals surface area contributed by atoms with E-state index < -0.39 is 0 Å². The van der Waals surface area contributed by atoms with E-state index in [-0.39, 0.29) is 32.3 Å². The van der Waals surface area contributed by atoms with Crippen molar-refractivity contribution in [2.24, 2.45) is 0 Å². The number of carbonyl (C=O) groups excluding carboxylic acids is 2. The van der Waals surface area contributed by atoms with Crippen molar-refractivity contribution in [3.05, 3.63) is 0 Å². The number of hydrogen-bond donors (Lipinski definition) is 0. The third-order valence-corrected chi connectivity index (χ3v) is 0. The molecule has 0 saturated heterocycles. The first-order chi connectivity index (χ1) is 5.46. The Morgan fingerprint density at radius 2 is 0.615 bits per heavy atom. The van der Waals surface area contributed by atoms with E-state index in [9.17, 15) is 0 Å². The molecule has 0 bridgehead atoms. The molecule has 0 heterocycles. The van der Waals surface area contributed by atoms with Crippen LogP contribution in [0, 0.1) is 0 Å². The fourth-order valence-electron chi connectivity index (χ4n) is 0. The summed E-state index contributed by atoms with van der Waals surface area (Å²) < 4.78 is 0. The summed E-state index contributed by atoms with van der Waals surface area (Å²) in [5, 5.41) is 0. The first-order valence-electron chi connectivity index (χ1n) is 3.47. The molecule has 0 rings (SSSR count). The van der Waals surface area contributed by atoms with Crippen molar-refractivity contribution in [3.63, 3.8) is 0 Å². The van der Waals surface area contributed by atoms with Gasteiger partial charge in [0, 0.05) is 40.0 Å². The second-order valence-corrected chi connectivity index (χ2v) is 9.00. The monoisotopic (exact) mass is 270 g/mol. The molecule has 0 atom stereocenters. The van der Waals surface area contributed by atoms with E-state index in [0.717, 1.165) is 0 Å². The maximum atomic E-state index is 7.75. The Balaban J connectivity index is -0.0000000226. The van der Waals surface area contributed by atoms with Crippen LogP contribution in [0.5, 0.6) is 0 Å². The molecule has 0 aliphatic rings. The second kappa shape index (κ2) is 38.7. The van der Waals surface area contributed by atoms with E-state index in [0.29, 0.717) is 0 Å². The van der Waals surface area contributed by atoms with Gasteiger partial charge in [-0.2, -0.15) is 0 Å². The van der Waals surface area contributed by atoms with Crippen LogP contribution >= 0.6 is 15.8 Å². The summed E-state index contributed by atoms with van der Waals surface area (Å²) in [5.41, 5.74) is 0. The molecule has 0 unspecified atom stereocenters. The minimum atomic E-state index is 0. The van der Waals surface area contributed by atoms with E-state index in [2.05, 4.69) is 53.6 Å². The molecule has 0 saturated carbocycles. The standard InChI is InChI=1S/2C3H9P.2CHO.Ni/c2*1-4(2)3;2*1-2;/h2*1-3H3;2*1H;/q;;2*-1;+2/p+2. The molecule has 0 aliphatic carbocycles. The fourth-order valence-corrected chi connectivity index (χ4v) is 0. The Hall–Kier alpha value is 0.694.